The van der Waals surface area contributed by atoms with Crippen LogP contribution < -0.4 is 33.7 Å². The zero-order chi connectivity index (χ0) is 26.9. The molecule has 0 bridgehead atoms. The summed E-state index contributed by atoms with van der Waals surface area (Å²) < 4.78 is 40.3. The van der Waals surface area contributed by atoms with E-state index in [4.69, 9.17) is 33.2 Å². The number of aldehydes is 1. The van der Waals surface area contributed by atoms with Gasteiger partial charge in [0.1, 0.15) is 29.5 Å². The molecule has 0 amide bonds. The highest BCUT2D eigenvalue weighted by Crippen LogP contribution is 2.49. The highest BCUT2D eigenvalue weighted by molar-refractivity contribution is 5.82. The molecular weight excluding hydrogens is 478 g/mol. The van der Waals surface area contributed by atoms with E-state index in [0.29, 0.717) is 69.8 Å². The van der Waals surface area contributed by atoms with E-state index >= 15 is 0 Å². The van der Waals surface area contributed by atoms with E-state index < -0.39 is 5.92 Å². The van der Waals surface area contributed by atoms with Gasteiger partial charge in [0, 0.05) is 23.7 Å². The minimum Gasteiger partial charge on any atom is -0.496 e. The Morgan fingerprint density at radius 2 is 1.62 bits per heavy atom. The zero-order valence-corrected chi connectivity index (χ0v) is 22.6. The molecule has 0 spiro atoms. The predicted molar refractivity (Wildman–Crippen MR) is 140 cm³/mol. The van der Waals surface area contributed by atoms with Crippen molar-refractivity contribution >= 4 is 12.0 Å². The first-order chi connectivity index (χ1) is 18.0. The SMILES string of the molecule is CCNC(C)CCCOC1=C(c2cc(OC)c(OC)c(OC)c2)Oc2cc(OC)cc(OC)c2C1C=O. The molecule has 1 heterocycles. The second-order valence-electron chi connectivity index (χ2n) is 8.51. The molecule has 37 heavy (non-hydrogen) atoms. The van der Waals surface area contributed by atoms with E-state index in [1.165, 1.54) is 14.2 Å². The van der Waals surface area contributed by atoms with Crippen LogP contribution in [0.5, 0.6) is 34.5 Å². The van der Waals surface area contributed by atoms with Crippen LogP contribution in [0.15, 0.2) is 30.0 Å². The number of carbonyl (C=O) groups is 1. The van der Waals surface area contributed by atoms with Gasteiger partial charge in [-0.3, -0.25) is 0 Å². The van der Waals surface area contributed by atoms with Gasteiger partial charge in [-0.2, -0.15) is 0 Å². The lowest BCUT2D eigenvalue weighted by Crippen LogP contribution is -2.26. The molecule has 9 heteroatoms. The maximum absolute atomic E-state index is 12.6. The van der Waals surface area contributed by atoms with E-state index in [1.54, 1.807) is 45.6 Å². The van der Waals surface area contributed by atoms with Gasteiger partial charge >= 0.3 is 0 Å². The average Bonchev–Trinajstić information content (AvgIpc) is 2.93. The number of benzene rings is 2. The monoisotopic (exact) mass is 515 g/mol. The van der Waals surface area contributed by atoms with Gasteiger partial charge in [-0.1, -0.05) is 6.92 Å². The molecule has 0 aromatic heterocycles. The summed E-state index contributed by atoms with van der Waals surface area (Å²) in [5.74, 6) is 2.78. The second-order valence-corrected chi connectivity index (χ2v) is 8.51. The van der Waals surface area contributed by atoms with Crippen molar-refractivity contribution in [2.24, 2.45) is 0 Å². The second kappa shape index (κ2) is 13.1. The van der Waals surface area contributed by atoms with Gasteiger partial charge in [0.15, 0.2) is 23.0 Å². The lowest BCUT2D eigenvalue weighted by molar-refractivity contribution is -0.109. The van der Waals surface area contributed by atoms with E-state index in [1.807, 2.05) is 0 Å². The predicted octanol–water partition coefficient (Wildman–Crippen LogP) is 4.57. The van der Waals surface area contributed by atoms with Crippen LogP contribution in [0.2, 0.25) is 0 Å². The molecule has 1 aliphatic heterocycles. The minimum atomic E-state index is -0.759. The standard InChI is InChI=1S/C28H37NO8/c1-8-29-17(2)10-9-11-36-27-20(16-30)25-21(32-4)14-19(31-3)15-22(25)37-26(27)18-12-23(33-5)28(35-7)24(13-18)34-6/h12-17,20,29H,8-11H2,1-7H3. The van der Waals surface area contributed by atoms with E-state index in [0.717, 1.165) is 25.7 Å². The van der Waals surface area contributed by atoms with Crippen molar-refractivity contribution in [1.29, 1.82) is 0 Å². The number of hydrogen-bond donors (Lipinski definition) is 1. The van der Waals surface area contributed by atoms with Crippen LogP contribution in [-0.4, -0.2) is 61.0 Å². The van der Waals surface area contributed by atoms with E-state index in [2.05, 4.69) is 19.2 Å². The molecule has 1 aliphatic rings. The van der Waals surface area contributed by atoms with Crippen LogP contribution in [-0.2, 0) is 9.53 Å². The van der Waals surface area contributed by atoms with Crippen LogP contribution in [0.25, 0.3) is 5.76 Å². The van der Waals surface area contributed by atoms with Crippen LogP contribution in [0.3, 0.4) is 0 Å². The molecule has 0 saturated heterocycles. The number of fused-ring (bicyclic) bond motifs is 1. The van der Waals surface area contributed by atoms with Crippen LogP contribution in [0, 0.1) is 0 Å². The summed E-state index contributed by atoms with van der Waals surface area (Å²) in [6.45, 7) is 5.52. The van der Waals surface area contributed by atoms with Crippen LogP contribution in [0.1, 0.15) is 43.7 Å². The Hall–Kier alpha value is -3.59. The lowest BCUT2D eigenvalue weighted by atomic mass is 9.91. The lowest BCUT2D eigenvalue weighted by Gasteiger charge is -2.30. The Bertz CT molecular complexity index is 1090. The molecule has 2 atom stereocenters. The Balaban J connectivity index is 2.13. The highest BCUT2D eigenvalue weighted by Gasteiger charge is 2.36. The molecule has 202 valence electrons. The average molecular weight is 516 g/mol. The topological polar surface area (TPSA) is 93.7 Å². The summed E-state index contributed by atoms with van der Waals surface area (Å²) >= 11 is 0. The minimum absolute atomic E-state index is 0.356. The van der Waals surface area contributed by atoms with Crippen molar-refractivity contribution in [2.75, 3.05) is 48.7 Å². The van der Waals surface area contributed by atoms with Gasteiger partial charge in [-0.25, -0.2) is 0 Å². The normalized spacial score (nSPS) is 15.3. The first-order valence-corrected chi connectivity index (χ1v) is 12.3. The molecule has 0 radical (unpaired) electrons. The van der Waals surface area contributed by atoms with Gasteiger partial charge in [-0.05, 0) is 38.4 Å². The fourth-order valence-corrected chi connectivity index (χ4v) is 4.41. The number of carbonyl (C=O) groups excluding carboxylic acids is 1. The molecule has 1 N–H and O–H groups in total. The largest absolute Gasteiger partial charge is 0.496 e. The summed E-state index contributed by atoms with van der Waals surface area (Å²) in [4.78, 5) is 12.6. The Morgan fingerprint density at radius 3 is 2.16 bits per heavy atom. The molecular formula is C28H37NO8. The van der Waals surface area contributed by atoms with Crippen molar-refractivity contribution in [1.82, 2.24) is 5.32 Å². The Kier molecular flexibility index (Phi) is 9.91. The van der Waals surface area contributed by atoms with Crippen molar-refractivity contribution < 1.29 is 38.0 Å². The molecule has 0 aliphatic carbocycles. The van der Waals surface area contributed by atoms with Gasteiger partial charge in [0.2, 0.25) is 5.75 Å². The van der Waals surface area contributed by atoms with E-state index in [9.17, 15) is 4.79 Å². The Labute approximate surface area is 218 Å². The first-order valence-electron chi connectivity index (χ1n) is 12.3. The van der Waals surface area contributed by atoms with E-state index in [-0.39, 0.29) is 0 Å². The highest BCUT2D eigenvalue weighted by atomic mass is 16.5. The third-order valence-corrected chi connectivity index (χ3v) is 6.22. The van der Waals surface area contributed by atoms with Crippen LogP contribution >= 0.6 is 0 Å². The fourth-order valence-electron chi connectivity index (χ4n) is 4.41. The zero-order valence-electron chi connectivity index (χ0n) is 22.6. The molecule has 2 unspecified atom stereocenters. The van der Waals surface area contributed by atoms with Crippen molar-refractivity contribution in [2.45, 2.75) is 38.6 Å². The first kappa shape index (κ1) is 28.0. The number of allylic oxidation sites excluding steroid dienone is 1. The quantitative estimate of drug-likeness (QED) is 0.287. The summed E-state index contributed by atoms with van der Waals surface area (Å²) in [5, 5.41) is 3.40. The third-order valence-electron chi connectivity index (χ3n) is 6.22. The van der Waals surface area contributed by atoms with Crippen molar-refractivity contribution in [3.63, 3.8) is 0 Å². The number of ether oxygens (including phenoxy) is 7. The number of rotatable bonds is 14. The molecule has 0 saturated carbocycles. The maximum Gasteiger partial charge on any atom is 0.203 e. The number of hydrogen-bond acceptors (Lipinski definition) is 9. The fraction of sp³-hybridized carbons (Fsp3) is 0.464. The van der Waals surface area contributed by atoms with Gasteiger partial charge in [0.05, 0.1) is 47.7 Å². The number of nitrogens with one attached hydrogen (secondary N) is 1. The smallest absolute Gasteiger partial charge is 0.203 e. The van der Waals surface area contributed by atoms with Gasteiger partial charge in [0.25, 0.3) is 0 Å². The van der Waals surface area contributed by atoms with Gasteiger partial charge in [-0.15, -0.1) is 0 Å². The molecule has 3 rings (SSSR count). The summed E-state index contributed by atoms with van der Waals surface area (Å²) in [6.07, 6.45) is 2.55. The molecule has 2 aromatic carbocycles. The molecule has 2 aromatic rings. The van der Waals surface area contributed by atoms with Crippen LogP contribution in [0.4, 0.5) is 0 Å². The summed E-state index contributed by atoms with van der Waals surface area (Å²) in [7, 11) is 7.72. The Morgan fingerprint density at radius 1 is 0.946 bits per heavy atom. The molecule has 9 nitrogen and oxygen atoms in total. The third kappa shape index (κ3) is 6.05. The summed E-state index contributed by atoms with van der Waals surface area (Å²) in [5.41, 5.74) is 1.18. The maximum atomic E-state index is 12.6. The van der Waals surface area contributed by atoms with Crippen molar-refractivity contribution in [3.05, 3.63) is 41.2 Å². The van der Waals surface area contributed by atoms with Gasteiger partial charge < -0.3 is 43.3 Å². The number of methoxy groups -OCH3 is 5. The summed E-state index contributed by atoms with van der Waals surface area (Å²) in [6, 6.07) is 7.32. The molecule has 0 fully saturated rings. The van der Waals surface area contributed by atoms with Crippen molar-refractivity contribution in [3.8, 4) is 34.5 Å².